The van der Waals surface area contributed by atoms with Crippen molar-refractivity contribution in [3.05, 3.63) is 21.9 Å². The first kappa shape index (κ1) is 14.5. The smallest absolute Gasteiger partial charge is 0.261 e. The molecule has 0 aromatic carbocycles. The lowest BCUT2D eigenvalue weighted by Gasteiger charge is -2.29. The van der Waals surface area contributed by atoms with Gasteiger partial charge in [-0.2, -0.15) is 0 Å². The highest BCUT2D eigenvalue weighted by atomic mass is 32.1. The molecule has 0 saturated carbocycles. The van der Waals surface area contributed by atoms with E-state index in [1.807, 2.05) is 6.07 Å². The number of nitrogens with zero attached hydrogens (tertiary/aromatic N) is 1. The van der Waals surface area contributed by atoms with Gasteiger partial charge < -0.3 is 10.2 Å². The van der Waals surface area contributed by atoms with Crippen molar-refractivity contribution in [2.24, 2.45) is 0 Å². The van der Waals surface area contributed by atoms with Crippen molar-refractivity contribution < 1.29 is 4.79 Å². The van der Waals surface area contributed by atoms with Crippen molar-refractivity contribution in [3.8, 4) is 0 Å². The minimum Gasteiger partial charge on any atom is -0.349 e. The molecule has 3 nitrogen and oxygen atoms in total. The Balaban J connectivity index is 1.95. The Hall–Kier alpha value is -0.870. The molecule has 106 valence electrons. The molecule has 19 heavy (non-hydrogen) atoms. The highest BCUT2D eigenvalue weighted by molar-refractivity contribution is 7.12. The maximum absolute atomic E-state index is 12.2. The number of hydrogen-bond donors (Lipinski definition) is 1. The summed E-state index contributed by atoms with van der Waals surface area (Å²) >= 11 is 1.55. The maximum atomic E-state index is 12.2. The average Bonchev–Trinajstić information content (AvgIpc) is 2.81. The molecule has 0 bridgehead atoms. The minimum atomic E-state index is 0.0926. The third kappa shape index (κ3) is 3.80. The molecular formula is C15H24N2OS. The third-order valence-corrected chi connectivity index (χ3v) is 4.67. The van der Waals surface area contributed by atoms with Gasteiger partial charge in [0, 0.05) is 6.04 Å². The molecule has 0 spiro atoms. The second kappa shape index (κ2) is 5.63. The van der Waals surface area contributed by atoms with Crippen LogP contribution in [0.2, 0.25) is 0 Å². The van der Waals surface area contributed by atoms with E-state index in [1.165, 1.54) is 5.56 Å². The van der Waals surface area contributed by atoms with Crippen LogP contribution in [0.4, 0.5) is 0 Å². The number of thiophene rings is 1. The molecule has 1 amide bonds. The Morgan fingerprint density at radius 2 is 2.00 bits per heavy atom. The van der Waals surface area contributed by atoms with E-state index in [9.17, 15) is 4.79 Å². The van der Waals surface area contributed by atoms with Gasteiger partial charge in [0.25, 0.3) is 5.91 Å². The van der Waals surface area contributed by atoms with Gasteiger partial charge in [-0.1, -0.05) is 20.8 Å². The van der Waals surface area contributed by atoms with Gasteiger partial charge in [-0.25, -0.2) is 0 Å². The molecule has 1 aliphatic rings. The van der Waals surface area contributed by atoms with Gasteiger partial charge in [-0.05, 0) is 55.4 Å². The van der Waals surface area contributed by atoms with E-state index in [2.05, 4.69) is 43.4 Å². The van der Waals surface area contributed by atoms with Crippen molar-refractivity contribution in [3.63, 3.8) is 0 Å². The van der Waals surface area contributed by atoms with E-state index in [4.69, 9.17) is 0 Å². The Morgan fingerprint density at radius 1 is 1.37 bits per heavy atom. The van der Waals surface area contributed by atoms with Gasteiger partial charge >= 0.3 is 0 Å². The molecule has 0 atom stereocenters. The van der Waals surface area contributed by atoms with Crippen LogP contribution in [0, 0.1) is 0 Å². The van der Waals surface area contributed by atoms with Gasteiger partial charge in [0.1, 0.15) is 0 Å². The molecule has 0 radical (unpaired) electrons. The first-order valence-electron chi connectivity index (χ1n) is 6.94. The zero-order chi connectivity index (χ0) is 14.0. The summed E-state index contributed by atoms with van der Waals surface area (Å²) in [6.07, 6.45) is 2.11. The van der Waals surface area contributed by atoms with Gasteiger partial charge in [0.15, 0.2) is 0 Å². The van der Waals surface area contributed by atoms with Crippen LogP contribution in [0.1, 0.15) is 48.8 Å². The first-order chi connectivity index (χ1) is 8.86. The highest BCUT2D eigenvalue weighted by Crippen LogP contribution is 2.27. The van der Waals surface area contributed by atoms with Gasteiger partial charge in [0.05, 0.1) is 4.88 Å². The number of piperidine rings is 1. The summed E-state index contributed by atoms with van der Waals surface area (Å²) in [7, 11) is 2.13. The molecule has 2 rings (SSSR count). The zero-order valence-corrected chi connectivity index (χ0v) is 13.1. The van der Waals surface area contributed by atoms with Crippen LogP contribution >= 0.6 is 11.3 Å². The molecular weight excluding hydrogens is 256 g/mol. The molecule has 4 heteroatoms. The predicted molar refractivity (Wildman–Crippen MR) is 81.0 cm³/mol. The molecule has 1 fully saturated rings. The number of hydrogen-bond acceptors (Lipinski definition) is 3. The number of rotatable bonds is 2. The van der Waals surface area contributed by atoms with Crippen LogP contribution in [0.5, 0.6) is 0 Å². The summed E-state index contributed by atoms with van der Waals surface area (Å²) in [5, 5.41) is 5.27. The van der Waals surface area contributed by atoms with Crippen molar-refractivity contribution in [1.82, 2.24) is 10.2 Å². The molecule has 0 aliphatic carbocycles. The van der Waals surface area contributed by atoms with Gasteiger partial charge in [0.2, 0.25) is 0 Å². The van der Waals surface area contributed by atoms with E-state index in [0.717, 1.165) is 30.8 Å². The van der Waals surface area contributed by atoms with Crippen LogP contribution in [0.15, 0.2) is 11.4 Å². The predicted octanol–water partition coefficient (Wildman–Crippen LogP) is 2.87. The van der Waals surface area contributed by atoms with Gasteiger partial charge in [-0.3, -0.25) is 4.79 Å². The van der Waals surface area contributed by atoms with Crippen molar-refractivity contribution in [2.75, 3.05) is 20.1 Å². The molecule has 2 heterocycles. The highest BCUT2D eigenvalue weighted by Gasteiger charge is 2.21. The summed E-state index contributed by atoms with van der Waals surface area (Å²) in [6, 6.07) is 2.37. The SMILES string of the molecule is CN1CCC(NC(=O)c2cc(C(C)(C)C)cs2)CC1. The minimum absolute atomic E-state index is 0.0926. The van der Waals surface area contributed by atoms with E-state index in [-0.39, 0.29) is 11.3 Å². The Morgan fingerprint density at radius 3 is 2.53 bits per heavy atom. The summed E-state index contributed by atoms with van der Waals surface area (Å²) in [5.74, 6) is 0.0926. The fourth-order valence-electron chi connectivity index (χ4n) is 2.26. The Bertz CT molecular complexity index is 439. The number of carbonyl (C=O) groups excluding carboxylic acids is 1. The van der Waals surface area contributed by atoms with Crippen LogP contribution in [-0.4, -0.2) is 37.0 Å². The van der Waals surface area contributed by atoms with E-state index < -0.39 is 0 Å². The second-order valence-electron chi connectivity index (χ2n) is 6.50. The monoisotopic (exact) mass is 280 g/mol. The fourth-order valence-corrected chi connectivity index (χ4v) is 3.29. The van der Waals surface area contributed by atoms with Crippen molar-refractivity contribution in [1.29, 1.82) is 0 Å². The Kier molecular flexibility index (Phi) is 4.31. The summed E-state index contributed by atoms with van der Waals surface area (Å²) in [6.45, 7) is 8.67. The molecule has 1 aromatic rings. The Labute approximate surface area is 120 Å². The average molecular weight is 280 g/mol. The number of carbonyl (C=O) groups is 1. The summed E-state index contributed by atoms with van der Waals surface area (Å²) in [4.78, 5) is 15.4. The van der Waals surface area contributed by atoms with Crippen molar-refractivity contribution in [2.45, 2.75) is 45.1 Å². The van der Waals surface area contributed by atoms with Crippen LogP contribution in [0.25, 0.3) is 0 Å². The fraction of sp³-hybridized carbons (Fsp3) is 0.667. The van der Waals surface area contributed by atoms with Crippen LogP contribution < -0.4 is 5.32 Å². The quantitative estimate of drug-likeness (QED) is 0.903. The largest absolute Gasteiger partial charge is 0.349 e. The van der Waals surface area contributed by atoms with E-state index in [0.29, 0.717) is 6.04 Å². The molecule has 1 aromatic heterocycles. The molecule has 0 unspecified atom stereocenters. The lowest BCUT2D eigenvalue weighted by atomic mass is 9.89. The van der Waals surface area contributed by atoms with Crippen LogP contribution in [-0.2, 0) is 5.41 Å². The number of likely N-dealkylation sites (tertiary alicyclic amines) is 1. The second-order valence-corrected chi connectivity index (χ2v) is 7.41. The lowest BCUT2D eigenvalue weighted by molar-refractivity contribution is 0.0921. The summed E-state index contributed by atoms with van der Waals surface area (Å²) < 4.78 is 0. The normalized spacial score (nSPS) is 18.5. The van der Waals surface area contributed by atoms with Crippen LogP contribution in [0.3, 0.4) is 0 Å². The molecule has 1 N–H and O–H groups in total. The summed E-state index contributed by atoms with van der Waals surface area (Å²) in [5.41, 5.74) is 1.36. The topological polar surface area (TPSA) is 32.3 Å². The maximum Gasteiger partial charge on any atom is 0.261 e. The van der Waals surface area contributed by atoms with E-state index >= 15 is 0 Å². The number of amides is 1. The van der Waals surface area contributed by atoms with Crippen molar-refractivity contribution >= 4 is 17.2 Å². The first-order valence-corrected chi connectivity index (χ1v) is 7.82. The van der Waals surface area contributed by atoms with Gasteiger partial charge in [-0.15, -0.1) is 11.3 Å². The number of nitrogens with one attached hydrogen (secondary N) is 1. The molecule has 1 aliphatic heterocycles. The zero-order valence-electron chi connectivity index (χ0n) is 12.3. The molecule has 1 saturated heterocycles. The standard InChI is InChI=1S/C15H24N2OS/c1-15(2,3)11-9-13(19-10-11)14(18)16-12-5-7-17(4)8-6-12/h9-10,12H,5-8H2,1-4H3,(H,16,18). The third-order valence-electron chi connectivity index (χ3n) is 3.74. The lowest BCUT2D eigenvalue weighted by Crippen LogP contribution is -2.43. The van der Waals surface area contributed by atoms with E-state index in [1.54, 1.807) is 11.3 Å².